The van der Waals surface area contributed by atoms with Gasteiger partial charge < -0.3 is 0 Å². The molecule has 0 N–H and O–H groups in total. The second-order valence-corrected chi connectivity index (χ2v) is 8.68. The van der Waals surface area contributed by atoms with Crippen LogP contribution in [0.2, 0.25) is 0 Å². The van der Waals surface area contributed by atoms with E-state index in [9.17, 15) is 9.18 Å². The van der Waals surface area contributed by atoms with Crippen molar-refractivity contribution in [1.82, 2.24) is 0 Å². The summed E-state index contributed by atoms with van der Waals surface area (Å²) >= 11 is 7.24. The number of hydrogen-bond acceptors (Lipinski definition) is 1. The van der Waals surface area contributed by atoms with Crippen LogP contribution in [-0.4, -0.2) is 5.78 Å². The van der Waals surface area contributed by atoms with E-state index in [-0.39, 0.29) is 17.5 Å². The molecule has 1 aliphatic rings. The lowest BCUT2D eigenvalue weighted by molar-refractivity contribution is -0.115. The van der Waals surface area contributed by atoms with Crippen molar-refractivity contribution in [2.24, 2.45) is 0 Å². The van der Waals surface area contributed by atoms with Crippen LogP contribution in [0.25, 0.3) is 16.7 Å². The van der Waals surface area contributed by atoms with Crippen molar-refractivity contribution in [1.29, 1.82) is 0 Å². The molecule has 3 aromatic rings. The van der Waals surface area contributed by atoms with Gasteiger partial charge in [-0.2, -0.15) is 0 Å². The quantitative estimate of drug-likeness (QED) is 0.363. The molecule has 0 amide bonds. The molecule has 140 valence electrons. The van der Waals surface area contributed by atoms with Crippen LogP contribution in [0.5, 0.6) is 0 Å². The van der Waals surface area contributed by atoms with Gasteiger partial charge in [0.05, 0.1) is 0 Å². The highest BCUT2D eigenvalue weighted by molar-refractivity contribution is 9.10. The number of ketones is 1. The Morgan fingerprint density at radius 3 is 2.39 bits per heavy atom. The lowest BCUT2D eigenvalue weighted by Gasteiger charge is -2.25. The fraction of sp³-hybridized carbons (Fsp3) is 0.125. The molecule has 28 heavy (non-hydrogen) atoms. The number of hydrogen-bond donors (Lipinski definition) is 0. The first kappa shape index (κ1) is 19.3. The zero-order chi connectivity index (χ0) is 19.7. The van der Waals surface area contributed by atoms with E-state index in [4.69, 9.17) is 0 Å². The van der Waals surface area contributed by atoms with Crippen molar-refractivity contribution in [3.8, 4) is 11.1 Å². The predicted octanol–water partition coefficient (Wildman–Crippen LogP) is 7.55. The van der Waals surface area contributed by atoms with E-state index in [1.807, 2.05) is 42.5 Å². The van der Waals surface area contributed by atoms with Gasteiger partial charge in [0.15, 0.2) is 5.78 Å². The van der Waals surface area contributed by atoms with Gasteiger partial charge in [0, 0.05) is 15.4 Å². The Morgan fingerprint density at radius 1 is 0.821 bits per heavy atom. The SMILES string of the molecule is O=C1C=C(c2ccccc2Br)CC(c2cc(-c3cccc(F)c3)ccc2Br)C1. The van der Waals surface area contributed by atoms with Crippen LogP contribution in [0.4, 0.5) is 4.39 Å². The minimum atomic E-state index is -0.256. The van der Waals surface area contributed by atoms with E-state index >= 15 is 0 Å². The maximum absolute atomic E-state index is 13.6. The summed E-state index contributed by atoms with van der Waals surface area (Å²) in [5.41, 5.74) is 4.95. The Morgan fingerprint density at radius 2 is 1.61 bits per heavy atom. The van der Waals surface area contributed by atoms with Crippen molar-refractivity contribution >= 4 is 43.2 Å². The van der Waals surface area contributed by atoms with Crippen LogP contribution in [0.15, 0.2) is 81.8 Å². The van der Waals surface area contributed by atoms with Crippen molar-refractivity contribution < 1.29 is 9.18 Å². The van der Waals surface area contributed by atoms with Crippen LogP contribution in [0, 0.1) is 5.82 Å². The fourth-order valence-corrected chi connectivity index (χ4v) is 4.84. The van der Waals surface area contributed by atoms with Gasteiger partial charge in [-0.15, -0.1) is 0 Å². The zero-order valence-electron chi connectivity index (χ0n) is 15.0. The smallest absolute Gasteiger partial charge is 0.156 e. The van der Waals surface area contributed by atoms with E-state index in [1.54, 1.807) is 12.1 Å². The molecule has 1 aliphatic carbocycles. The molecule has 4 heteroatoms. The number of rotatable bonds is 3. The van der Waals surface area contributed by atoms with Crippen LogP contribution in [0.1, 0.15) is 29.9 Å². The molecule has 1 unspecified atom stereocenters. The molecule has 3 aromatic carbocycles. The van der Waals surface area contributed by atoms with Crippen molar-refractivity contribution in [3.05, 3.63) is 98.7 Å². The standard InChI is InChI=1S/C24H17Br2FO/c25-23-7-2-1-6-21(23)17-10-18(13-20(28)12-17)22-14-16(8-9-24(22)26)15-4-3-5-19(27)11-15/h1-9,11-12,14,18H,10,13H2. The number of benzene rings is 3. The van der Waals surface area contributed by atoms with Gasteiger partial charge in [-0.3, -0.25) is 4.79 Å². The summed E-state index contributed by atoms with van der Waals surface area (Å²) in [6, 6.07) is 20.6. The molecule has 0 heterocycles. The Balaban J connectivity index is 1.71. The Kier molecular flexibility index (Phi) is 5.61. The Hall–Kier alpha value is -2.04. The topological polar surface area (TPSA) is 17.1 Å². The fourth-order valence-electron chi connectivity index (χ4n) is 3.73. The number of carbonyl (C=O) groups is 1. The molecule has 0 fully saturated rings. The van der Waals surface area contributed by atoms with E-state index in [1.165, 1.54) is 12.1 Å². The highest BCUT2D eigenvalue weighted by atomic mass is 79.9. The molecule has 0 saturated heterocycles. The molecule has 1 nitrogen and oxygen atoms in total. The second-order valence-electron chi connectivity index (χ2n) is 6.97. The normalized spacial score (nSPS) is 16.8. The summed E-state index contributed by atoms with van der Waals surface area (Å²) in [5, 5.41) is 0. The van der Waals surface area contributed by atoms with Gasteiger partial charge >= 0.3 is 0 Å². The average molecular weight is 500 g/mol. The first-order chi connectivity index (χ1) is 13.5. The van der Waals surface area contributed by atoms with Crippen molar-refractivity contribution in [3.63, 3.8) is 0 Å². The van der Waals surface area contributed by atoms with E-state index in [0.29, 0.717) is 6.42 Å². The minimum absolute atomic E-state index is 0.0718. The summed E-state index contributed by atoms with van der Waals surface area (Å²) in [5.74, 6) is -0.0542. The molecule has 4 rings (SSSR count). The van der Waals surface area contributed by atoms with E-state index in [0.717, 1.165) is 43.2 Å². The number of carbonyl (C=O) groups excluding carboxylic acids is 1. The van der Waals surface area contributed by atoms with E-state index in [2.05, 4.69) is 37.9 Å². The molecule has 0 aromatic heterocycles. The van der Waals surface area contributed by atoms with Crippen LogP contribution < -0.4 is 0 Å². The third kappa shape index (κ3) is 4.03. The maximum atomic E-state index is 13.6. The first-order valence-corrected chi connectivity index (χ1v) is 10.6. The average Bonchev–Trinajstić information content (AvgIpc) is 2.68. The minimum Gasteiger partial charge on any atom is -0.295 e. The molecular formula is C24H17Br2FO. The van der Waals surface area contributed by atoms with Crippen LogP contribution >= 0.6 is 31.9 Å². The summed E-state index contributed by atoms with van der Waals surface area (Å²) in [7, 11) is 0. The van der Waals surface area contributed by atoms with Gasteiger partial charge in [-0.1, -0.05) is 68.3 Å². The van der Waals surface area contributed by atoms with Crippen molar-refractivity contribution in [2.75, 3.05) is 0 Å². The highest BCUT2D eigenvalue weighted by Crippen LogP contribution is 2.41. The predicted molar refractivity (Wildman–Crippen MR) is 119 cm³/mol. The third-order valence-corrected chi connectivity index (χ3v) is 6.48. The van der Waals surface area contributed by atoms with Gasteiger partial charge in [-0.25, -0.2) is 4.39 Å². The first-order valence-electron chi connectivity index (χ1n) is 9.05. The zero-order valence-corrected chi connectivity index (χ0v) is 18.1. The summed E-state index contributed by atoms with van der Waals surface area (Å²) in [6.07, 6.45) is 3.01. The van der Waals surface area contributed by atoms with Gasteiger partial charge in [0.2, 0.25) is 0 Å². The molecule has 1 atom stereocenters. The monoisotopic (exact) mass is 498 g/mol. The van der Waals surface area contributed by atoms with Crippen LogP contribution in [-0.2, 0) is 4.79 Å². The van der Waals surface area contributed by atoms with Gasteiger partial charge in [0.1, 0.15) is 5.82 Å². The Bertz CT molecular complexity index is 1090. The third-order valence-electron chi connectivity index (χ3n) is 5.06. The summed E-state index contributed by atoms with van der Waals surface area (Å²) in [6.45, 7) is 0. The lowest BCUT2D eigenvalue weighted by atomic mass is 9.80. The number of allylic oxidation sites excluding steroid dienone is 2. The molecule has 0 spiro atoms. The summed E-state index contributed by atoms with van der Waals surface area (Å²) in [4.78, 5) is 12.5. The van der Waals surface area contributed by atoms with Crippen LogP contribution in [0.3, 0.4) is 0 Å². The molecule has 0 aliphatic heterocycles. The Labute approximate surface area is 180 Å². The highest BCUT2D eigenvalue weighted by Gasteiger charge is 2.25. The molecule has 0 saturated carbocycles. The van der Waals surface area contributed by atoms with Gasteiger partial charge in [-0.05, 0) is 76.6 Å². The lowest BCUT2D eigenvalue weighted by Crippen LogP contribution is -2.13. The van der Waals surface area contributed by atoms with Gasteiger partial charge in [0.25, 0.3) is 0 Å². The largest absolute Gasteiger partial charge is 0.295 e. The molecular weight excluding hydrogens is 483 g/mol. The molecule has 0 radical (unpaired) electrons. The van der Waals surface area contributed by atoms with E-state index < -0.39 is 0 Å². The summed E-state index contributed by atoms with van der Waals surface area (Å²) < 4.78 is 15.6. The molecule has 0 bridgehead atoms. The second kappa shape index (κ2) is 8.14. The van der Waals surface area contributed by atoms with Crippen molar-refractivity contribution in [2.45, 2.75) is 18.8 Å². The number of halogens is 3. The maximum Gasteiger partial charge on any atom is 0.156 e.